The van der Waals surface area contributed by atoms with Gasteiger partial charge in [0.1, 0.15) is 12.2 Å². The standard InChI is InChI=1S/C6H11NO6/c8-1-2(9)3(10)6(13)4(11)5(12)7-6/h2-4,8-11,13H,1H2,(H,7,12)/t2-,3+,4+,6+/m1/s1. The minimum absolute atomic E-state index is 0.786. The SMILES string of the molecule is O=C1N[C@](O)([C@@H](O)[C@H](O)CO)[C@H]1O. The van der Waals surface area contributed by atoms with Crippen molar-refractivity contribution in [2.45, 2.75) is 24.0 Å². The first kappa shape index (κ1) is 10.4. The Morgan fingerprint density at radius 1 is 1.54 bits per heavy atom. The zero-order chi connectivity index (χ0) is 10.2. The van der Waals surface area contributed by atoms with Crippen molar-refractivity contribution in [1.29, 1.82) is 0 Å². The van der Waals surface area contributed by atoms with Crippen LogP contribution in [-0.4, -0.2) is 62.1 Å². The molecule has 1 aliphatic rings. The predicted molar refractivity (Wildman–Crippen MR) is 38.2 cm³/mol. The van der Waals surface area contributed by atoms with E-state index in [2.05, 4.69) is 0 Å². The number of amides is 1. The first-order valence-electron chi connectivity index (χ1n) is 3.63. The van der Waals surface area contributed by atoms with Crippen LogP contribution in [0.15, 0.2) is 0 Å². The summed E-state index contributed by atoms with van der Waals surface area (Å²) in [5, 5.41) is 46.6. The van der Waals surface area contributed by atoms with Gasteiger partial charge in [0.15, 0.2) is 6.10 Å². The average Bonchev–Trinajstić information content (AvgIpc) is 2.14. The minimum Gasteiger partial charge on any atom is -0.394 e. The van der Waals surface area contributed by atoms with E-state index in [1.807, 2.05) is 5.32 Å². The van der Waals surface area contributed by atoms with E-state index in [9.17, 15) is 9.90 Å². The third-order valence-electron chi connectivity index (χ3n) is 1.99. The van der Waals surface area contributed by atoms with Gasteiger partial charge < -0.3 is 30.8 Å². The van der Waals surface area contributed by atoms with Gasteiger partial charge in [-0.2, -0.15) is 0 Å². The second-order valence-electron chi connectivity index (χ2n) is 2.91. The van der Waals surface area contributed by atoms with Crippen LogP contribution >= 0.6 is 0 Å². The van der Waals surface area contributed by atoms with Gasteiger partial charge in [-0.15, -0.1) is 0 Å². The van der Waals surface area contributed by atoms with Gasteiger partial charge >= 0.3 is 0 Å². The van der Waals surface area contributed by atoms with Crippen molar-refractivity contribution in [1.82, 2.24) is 5.32 Å². The smallest absolute Gasteiger partial charge is 0.256 e. The van der Waals surface area contributed by atoms with Gasteiger partial charge in [0, 0.05) is 0 Å². The van der Waals surface area contributed by atoms with Crippen LogP contribution in [0.4, 0.5) is 0 Å². The zero-order valence-electron chi connectivity index (χ0n) is 6.58. The maximum atomic E-state index is 10.5. The van der Waals surface area contributed by atoms with Crippen molar-refractivity contribution in [3.8, 4) is 0 Å². The molecule has 0 radical (unpaired) electrons. The molecule has 0 aromatic heterocycles. The van der Waals surface area contributed by atoms with Gasteiger partial charge in [0.05, 0.1) is 6.61 Å². The van der Waals surface area contributed by atoms with Gasteiger partial charge in [-0.05, 0) is 0 Å². The molecule has 1 aliphatic heterocycles. The number of hydrogen-bond acceptors (Lipinski definition) is 6. The lowest BCUT2D eigenvalue weighted by Crippen LogP contribution is -2.79. The summed E-state index contributed by atoms with van der Waals surface area (Å²) in [6.45, 7) is -0.786. The van der Waals surface area contributed by atoms with Crippen LogP contribution in [-0.2, 0) is 4.79 Å². The number of aliphatic hydroxyl groups is 5. The van der Waals surface area contributed by atoms with E-state index in [4.69, 9.17) is 20.4 Å². The largest absolute Gasteiger partial charge is 0.394 e. The molecule has 0 aromatic carbocycles. The van der Waals surface area contributed by atoms with E-state index in [0.717, 1.165) is 0 Å². The van der Waals surface area contributed by atoms with Gasteiger partial charge in [0.2, 0.25) is 5.72 Å². The number of carbonyl (C=O) groups is 1. The summed E-state index contributed by atoms with van der Waals surface area (Å²) >= 11 is 0. The fourth-order valence-corrected chi connectivity index (χ4v) is 1.09. The second kappa shape index (κ2) is 3.20. The predicted octanol–water partition coefficient (Wildman–Crippen LogP) is -4.12. The molecule has 1 rings (SSSR count). The minimum atomic E-state index is -2.26. The van der Waals surface area contributed by atoms with Crippen LogP contribution in [0.3, 0.4) is 0 Å². The lowest BCUT2D eigenvalue weighted by Gasteiger charge is -2.45. The van der Waals surface area contributed by atoms with E-state index in [1.165, 1.54) is 0 Å². The van der Waals surface area contributed by atoms with Gasteiger partial charge in [-0.25, -0.2) is 0 Å². The maximum Gasteiger partial charge on any atom is 0.256 e. The van der Waals surface area contributed by atoms with Crippen molar-refractivity contribution in [2.24, 2.45) is 0 Å². The summed E-state index contributed by atoms with van der Waals surface area (Å²) in [4.78, 5) is 10.5. The fourth-order valence-electron chi connectivity index (χ4n) is 1.09. The monoisotopic (exact) mass is 193 g/mol. The molecular weight excluding hydrogens is 182 g/mol. The van der Waals surface area contributed by atoms with Crippen molar-refractivity contribution in [3.05, 3.63) is 0 Å². The van der Waals surface area contributed by atoms with Gasteiger partial charge in [-0.3, -0.25) is 4.79 Å². The van der Waals surface area contributed by atoms with E-state index in [-0.39, 0.29) is 0 Å². The summed E-state index contributed by atoms with van der Waals surface area (Å²) in [5.74, 6) is -0.841. The third-order valence-corrected chi connectivity index (χ3v) is 1.99. The summed E-state index contributed by atoms with van der Waals surface area (Å²) < 4.78 is 0. The lowest BCUT2D eigenvalue weighted by molar-refractivity contribution is -0.233. The first-order valence-corrected chi connectivity index (χ1v) is 3.63. The third kappa shape index (κ3) is 1.40. The quantitative estimate of drug-likeness (QED) is 0.252. The van der Waals surface area contributed by atoms with E-state index in [0.29, 0.717) is 0 Å². The number of carbonyl (C=O) groups excluding carboxylic acids is 1. The maximum absolute atomic E-state index is 10.5. The Balaban J connectivity index is 2.66. The Hall–Kier alpha value is -0.730. The molecule has 76 valence electrons. The van der Waals surface area contributed by atoms with E-state index in [1.54, 1.807) is 0 Å². The molecule has 6 N–H and O–H groups in total. The second-order valence-corrected chi connectivity index (χ2v) is 2.91. The van der Waals surface area contributed by atoms with Crippen LogP contribution in [0.1, 0.15) is 0 Å². The summed E-state index contributed by atoms with van der Waals surface area (Å²) in [5.41, 5.74) is -2.26. The van der Waals surface area contributed by atoms with Crippen molar-refractivity contribution in [2.75, 3.05) is 6.61 Å². The number of β-lactam (4-membered cyclic amide) rings is 1. The summed E-state index contributed by atoms with van der Waals surface area (Å²) in [6, 6.07) is 0. The van der Waals surface area contributed by atoms with Crippen LogP contribution in [0.25, 0.3) is 0 Å². The van der Waals surface area contributed by atoms with Crippen molar-refractivity contribution >= 4 is 5.91 Å². The number of nitrogens with one attached hydrogen (secondary N) is 1. The topological polar surface area (TPSA) is 130 Å². The Bertz CT molecular complexity index is 221. The molecule has 0 unspecified atom stereocenters. The fraction of sp³-hybridized carbons (Fsp3) is 0.833. The lowest BCUT2D eigenvalue weighted by atomic mass is 9.88. The Morgan fingerprint density at radius 3 is 2.38 bits per heavy atom. The van der Waals surface area contributed by atoms with Crippen LogP contribution in [0.5, 0.6) is 0 Å². The van der Waals surface area contributed by atoms with Crippen molar-refractivity contribution < 1.29 is 30.3 Å². The molecule has 0 saturated carbocycles. The molecule has 7 heteroatoms. The summed E-state index contributed by atoms with van der Waals surface area (Å²) in [6.07, 6.45) is -5.24. The van der Waals surface area contributed by atoms with Crippen molar-refractivity contribution in [3.63, 3.8) is 0 Å². The average molecular weight is 193 g/mol. The molecular formula is C6H11NO6. The molecule has 0 aromatic rings. The molecule has 1 amide bonds. The molecule has 0 aliphatic carbocycles. The normalized spacial score (nSPS) is 37.6. The molecule has 1 fully saturated rings. The van der Waals surface area contributed by atoms with E-state index >= 15 is 0 Å². The first-order chi connectivity index (χ1) is 5.93. The molecule has 1 saturated heterocycles. The number of rotatable bonds is 3. The molecule has 0 bridgehead atoms. The van der Waals surface area contributed by atoms with Crippen LogP contribution in [0.2, 0.25) is 0 Å². The number of hydrogen-bond donors (Lipinski definition) is 6. The molecule has 4 atom stereocenters. The van der Waals surface area contributed by atoms with E-state index < -0.39 is 36.6 Å². The van der Waals surface area contributed by atoms with Gasteiger partial charge in [-0.1, -0.05) is 0 Å². The molecule has 0 spiro atoms. The van der Waals surface area contributed by atoms with Crippen LogP contribution < -0.4 is 5.32 Å². The Labute approximate surface area is 73.2 Å². The highest BCUT2D eigenvalue weighted by molar-refractivity contribution is 5.89. The zero-order valence-corrected chi connectivity index (χ0v) is 6.58. The molecule has 1 heterocycles. The highest BCUT2D eigenvalue weighted by Crippen LogP contribution is 2.23. The Morgan fingerprint density at radius 2 is 2.08 bits per heavy atom. The summed E-state index contributed by atoms with van der Waals surface area (Å²) in [7, 11) is 0. The van der Waals surface area contributed by atoms with Gasteiger partial charge in [0.25, 0.3) is 5.91 Å². The molecule has 7 nitrogen and oxygen atoms in total. The highest BCUT2D eigenvalue weighted by atomic mass is 16.4. The van der Waals surface area contributed by atoms with Crippen LogP contribution in [0, 0.1) is 0 Å². The number of aliphatic hydroxyl groups excluding tert-OH is 4. The highest BCUT2D eigenvalue weighted by Gasteiger charge is 2.58. The molecule has 13 heavy (non-hydrogen) atoms. The Kier molecular flexibility index (Phi) is 2.55.